The van der Waals surface area contributed by atoms with Crippen molar-refractivity contribution in [1.29, 1.82) is 0 Å². The molecule has 6 rings (SSSR count). The van der Waals surface area contributed by atoms with E-state index in [1.807, 2.05) is 12.1 Å². The Bertz CT molecular complexity index is 3210. The van der Waals surface area contributed by atoms with Crippen LogP contribution in [0.4, 0.5) is 0 Å². The Balaban J connectivity index is 1.21. The maximum Gasteiger partial charge on any atom is 0.165 e. The second-order valence-corrected chi connectivity index (χ2v) is 22.7. The lowest BCUT2D eigenvalue weighted by Crippen LogP contribution is -2.34. The summed E-state index contributed by atoms with van der Waals surface area (Å²) in [5, 5.41) is 133. The van der Waals surface area contributed by atoms with Crippen LogP contribution < -0.4 is 42.6 Å². The highest BCUT2D eigenvalue weighted by atomic mass is 16.6. The summed E-state index contributed by atoms with van der Waals surface area (Å²) >= 11 is 0. The Hall–Kier alpha value is -7.32. The van der Waals surface area contributed by atoms with E-state index in [4.69, 9.17) is 47.4 Å². The van der Waals surface area contributed by atoms with E-state index in [2.05, 4.69) is 20.8 Å². The molecule has 0 aromatic heterocycles. The molecule has 0 saturated heterocycles. The average Bonchev–Trinajstić information content (AvgIpc) is 2.92. The molecule has 0 aliphatic carbocycles. The van der Waals surface area contributed by atoms with Crippen molar-refractivity contribution in [2.75, 3.05) is 68.6 Å². The van der Waals surface area contributed by atoms with Gasteiger partial charge in [-0.2, -0.15) is 0 Å². The van der Waals surface area contributed by atoms with E-state index < -0.39 is 111 Å². The van der Waals surface area contributed by atoms with Gasteiger partial charge >= 0.3 is 0 Å². The molecule has 10 atom stereocenters. The highest BCUT2D eigenvalue weighted by Gasteiger charge is 2.33. The third-order valence-corrected chi connectivity index (χ3v) is 14.5. The van der Waals surface area contributed by atoms with Gasteiger partial charge in [0, 0.05) is 11.1 Å². The van der Waals surface area contributed by atoms with E-state index in [1.54, 1.807) is 45.9 Å². The summed E-state index contributed by atoms with van der Waals surface area (Å²) in [7, 11) is 6.70. The predicted octanol–water partition coefficient (Wildman–Crippen LogP) is 6.52. The van der Waals surface area contributed by atoms with Gasteiger partial charge in [0.25, 0.3) is 0 Å². The Morgan fingerprint density at radius 3 is 0.977 bits per heavy atom. The first-order chi connectivity index (χ1) is 41.2. The van der Waals surface area contributed by atoms with Crippen LogP contribution in [0.25, 0.3) is 11.1 Å². The largest absolute Gasteiger partial charge is 0.504 e. The van der Waals surface area contributed by atoms with Crippen molar-refractivity contribution >= 4 is 0 Å². The van der Waals surface area contributed by atoms with Crippen LogP contribution in [0.15, 0.2) is 97.1 Å². The number of ether oxygens (including phenoxy) is 10. The van der Waals surface area contributed by atoms with E-state index in [-0.39, 0.29) is 73.5 Å². The minimum absolute atomic E-state index is 0.000210. The van der Waals surface area contributed by atoms with E-state index >= 15 is 0 Å². The summed E-state index contributed by atoms with van der Waals surface area (Å²) in [5.74, 6) is -0.104. The SMILES string of the molecule is COc1cc(C(O)C(CO)Oc2ccc(C(O)C(CO)OC(C)(C)C)cc2OC)ccc1OC(CO)C(O)c1cc(OC)c(O)c(-c2cc(C(O)C(CO)Oc3ccc(C(O)C(CO)Oc4ccc(C(C)(C)C)cc4OC)cc3C)cc(OC)c2O)c1. The van der Waals surface area contributed by atoms with Crippen molar-refractivity contribution < 1.29 is 109 Å². The minimum atomic E-state index is -1.69. The molecule has 0 saturated carbocycles. The summed E-state index contributed by atoms with van der Waals surface area (Å²) < 4.78 is 58.0. The molecule has 22 nitrogen and oxygen atoms in total. The first-order valence-electron chi connectivity index (χ1n) is 28.0. The molecule has 0 amide bonds. The summed E-state index contributed by atoms with van der Waals surface area (Å²) in [6.45, 7) is 10.0. The third kappa shape index (κ3) is 16.5. The molecule has 10 unspecified atom stereocenters. The van der Waals surface area contributed by atoms with Gasteiger partial charge in [-0.1, -0.05) is 45.0 Å². The van der Waals surface area contributed by atoms with Crippen molar-refractivity contribution in [3.8, 4) is 74.4 Å². The highest BCUT2D eigenvalue weighted by Crippen LogP contribution is 2.48. The summed E-state index contributed by atoms with van der Waals surface area (Å²) in [6.07, 6.45) is -13.5. The van der Waals surface area contributed by atoms with Gasteiger partial charge in [0.15, 0.2) is 81.9 Å². The molecular formula is C65H84O22. The van der Waals surface area contributed by atoms with E-state index in [0.29, 0.717) is 28.2 Å². The number of aryl methyl sites for hydroxylation is 1. The first-order valence-corrected chi connectivity index (χ1v) is 28.0. The van der Waals surface area contributed by atoms with Crippen LogP contribution in [0.2, 0.25) is 0 Å². The molecule has 12 N–H and O–H groups in total. The van der Waals surface area contributed by atoms with Gasteiger partial charge in [0.2, 0.25) is 0 Å². The molecule has 476 valence electrons. The molecule has 0 spiro atoms. The second-order valence-electron chi connectivity index (χ2n) is 22.7. The average molecular weight is 1220 g/mol. The van der Waals surface area contributed by atoms with Crippen molar-refractivity contribution in [2.45, 2.75) is 121 Å². The molecule has 6 aromatic rings. The first kappa shape index (κ1) is 68.8. The number of benzene rings is 6. The van der Waals surface area contributed by atoms with Crippen LogP contribution in [0.1, 0.15) is 111 Å². The van der Waals surface area contributed by atoms with Crippen LogP contribution in [0.5, 0.6) is 63.2 Å². The zero-order chi connectivity index (χ0) is 64.2. The predicted molar refractivity (Wildman–Crippen MR) is 320 cm³/mol. The number of aliphatic hydroxyl groups is 10. The molecule has 0 radical (unpaired) electrons. The van der Waals surface area contributed by atoms with Gasteiger partial charge in [0.1, 0.15) is 42.4 Å². The monoisotopic (exact) mass is 1220 g/mol. The van der Waals surface area contributed by atoms with Gasteiger partial charge in [-0.25, -0.2) is 0 Å². The topological polar surface area (TPSA) is 335 Å². The number of phenols is 2. The lowest BCUT2D eigenvalue weighted by Gasteiger charge is -2.30. The number of methoxy groups -OCH3 is 5. The van der Waals surface area contributed by atoms with Gasteiger partial charge < -0.3 is 109 Å². The summed E-state index contributed by atoms with van der Waals surface area (Å²) in [4.78, 5) is 0. The molecular weight excluding hydrogens is 1130 g/mol. The van der Waals surface area contributed by atoms with Crippen LogP contribution in [-0.2, 0) is 10.2 Å². The Morgan fingerprint density at radius 2 is 0.644 bits per heavy atom. The number of hydrogen-bond donors (Lipinski definition) is 12. The van der Waals surface area contributed by atoms with Gasteiger partial charge in [-0.15, -0.1) is 0 Å². The summed E-state index contributed by atoms with van der Waals surface area (Å²) in [6, 6.07) is 24.1. The Morgan fingerprint density at radius 1 is 0.345 bits per heavy atom. The molecule has 0 bridgehead atoms. The molecule has 6 aromatic carbocycles. The summed E-state index contributed by atoms with van der Waals surface area (Å²) in [5.41, 5.74) is 1.34. The van der Waals surface area contributed by atoms with Crippen LogP contribution in [-0.4, -0.2) is 166 Å². The van der Waals surface area contributed by atoms with Crippen LogP contribution in [0, 0.1) is 6.92 Å². The van der Waals surface area contributed by atoms with Crippen molar-refractivity contribution in [3.63, 3.8) is 0 Å². The fourth-order valence-corrected chi connectivity index (χ4v) is 9.66. The van der Waals surface area contributed by atoms with E-state index in [1.165, 1.54) is 102 Å². The van der Waals surface area contributed by atoms with E-state index in [0.717, 1.165) is 5.56 Å². The van der Waals surface area contributed by atoms with Crippen molar-refractivity contribution in [3.05, 3.63) is 136 Å². The fourth-order valence-electron chi connectivity index (χ4n) is 9.66. The molecule has 22 heteroatoms. The molecule has 0 heterocycles. The normalized spacial score (nSPS) is 15.4. The molecule has 87 heavy (non-hydrogen) atoms. The van der Waals surface area contributed by atoms with E-state index in [9.17, 15) is 61.3 Å². The second kappa shape index (κ2) is 30.1. The highest BCUT2D eigenvalue weighted by molar-refractivity contribution is 5.81. The minimum Gasteiger partial charge on any atom is -0.504 e. The quantitative estimate of drug-likeness (QED) is 0.0228. The smallest absolute Gasteiger partial charge is 0.165 e. The number of aliphatic hydroxyl groups excluding tert-OH is 10. The third-order valence-electron chi connectivity index (χ3n) is 14.5. The number of phenolic OH excluding ortho intramolecular Hbond substituents is 2. The van der Waals surface area contributed by atoms with Crippen LogP contribution in [0.3, 0.4) is 0 Å². The Labute approximate surface area is 506 Å². The van der Waals surface area contributed by atoms with Crippen LogP contribution >= 0.6 is 0 Å². The van der Waals surface area contributed by atoms with Gasteiger partial charge in [-0.05, 0) is 145 Å². The lowest BCUT2D eigenvalue weighted by atomic mass is 9.87. The number of aromatic hydroxyl groups is 2. The molecule has 0 fully saturated rings. The Kier molecular flexibility index (Phi) is 23.8. The zero-order valence-corrected chi connectivity index (χ0v) is 51.0. The maximum absolute atomic E-state index is 11.9. The molecule has 0 aliphatic heterocycles. The van der Waals surface area contributed by atoms with Gasteiger partial charge in [-0.3, -0.25) is 0 Å². The number of rotatable bonds is 30. The van der Waals surface area contributed by atoms with Crippen molar-refractivity contribution in [1.82, 2.24) is 0 Å². The lowest BCUT2D eigenvalue weighted by molar-refractivity contribution is -0.129. The van der Waals surface area contributed by atoms with Gasteiger partial charge in [0.05, 0.1) is 74.2 Å². The standard InChI is InChI=1S/C65H84O22/c1-34-21-35(57(71)52(29-66)86-46-20-16-40(64(2,3)4)28-49(46)80-10)13-17-43(34)83-54(31-68)60(74)38-22-41(62(76)50(26-38)81-11)42-23-39(27-51(82-12)63(42)77)61(75)55(32-69)85-45-18-14-36(24-47(45)78-8)58(72)53(30-67)84-44-19-15-37(25-48(44)79-9)59(73)56(33-70)87-65(5,6)7/h13-28,52-61,66-77H,29-33H2,1-12H3. The zero-order valence-electron chi connectivity index (χ0n) is 51.0. The maximum atomic E-state index is 11.9. The van der Waals surface area contributed by atoms with Crippen molar-refractivity contribution in [2.24, 2.45) is 0 Å². The number of hydrogen-bond acceptors (Lipinski definition) is 22. The molecule has 0 aliphatic rings. The fraction of sp³-hybridized carbons (Fsp3) is 0.446.